The number of carbonyl (C=O) groups is 4. The van der Waals surface area contributed by atoms with Crippen LogP contribution < -0.4 is 10.1 Å². The summed E-state index contributed by atoms with van der Waals surface area (Å²) in [5, 5.41) is 2.18. The Morgan fingerprint density at radius 1 is 1.04 bits per heavy atom. The van der Waals surface area contributed by atoms with Crippen molar-refractivity contribution < 1.29 is 23.9 Å². The maximum atomic E-state index is 12.7. The van der Waals surface area contributed by atoms with Gasteiger partial charge in [0.05, 0.1) is 17.2 Å². The van der Waals surface area contributed by atoms with Gasteiger partial charge in [-0.2, -0.15) is 0 Å². The number of ether oxygens (including phenoxy) is 1. The van der Waals surface area contributed by atoms with Gasteiger partial charge in [-0.25, -0.2) is 0 Å². The molecule has 3 aliphatic rings. The molecule has 1 unspecified atom stereocenters. The molecule has 4 rings (SSSR count). The van der Waals surface area contributed by atoms with Gasteiger partial charge in [-0.15, -0.1) is 0 Å². The van der Waals surface area contributed by atoms with E-state index < -0.39 is 23.8 Å². The molecule has 0 aromatic heterocycles. The maximum Gasteiger partial charge on any atom is 0.266 e. The minimum absolute atomic E-state index is 0.0917. The fourth-order valence-electron chi connectivity index (χ4n) is 2.95. The van der Waals surface area contributed by atoms with Gasteiger partial charge < -0.3 is 4.74 Å². The van der Waals surface area contributed by atoms with Crippen molar-refractivity contribution in [2.75, 3.05) is 0 Å². The Labute approximate surface area is 131 Å². The molecule has 1 saturated heterocycles. The Morgan fingerprint density at radius 3 is 2.52 bits per heavy atom. The van der Waals surface area contributed by atoms with Crippen molar-refractivity contribution in [1.82, 2.24) is 10.2 Å². The molecule has 1 saturated carbocycles. The van der Waals surface area contributed by atoms with E-state index in [2.05, 4.69) is 5.32 Å². The van der Waals surface area contributed by atoms with Crippen molar-refractivity contribution in [3.8, 4) is 5.75 Å². The fraction of sp³-hybridized carbons (Fsp3) is 0.375. The van der Waals surface area contributed by atoms with Crippen molar-refractivity contribution in [3.05, 3.63) is 29.3 Å². The predicted octanol–water partition coefficient (Wildman–Crippen LogP) is 0.629. The zero-order chi connectivity index (χ0) is 16.1. The average molecular weight is 314 g/mol. The largest absolute Gasteiger partial charge is 0.490 e. The summed E-state index contributed by atoms with van der Waals surface area (Å²) in [5.74, 6) is -1.66. The van der Waals surface area contributed by atoms with Gasteiger partial charge in [-0.1, -0.05) is 6.07 Å². The SMILES string of the molecule is O=C1CCC(N2C(=O)c3cccc(OC4CC4)c3C2=O)C(=O)N1. The van der Waals surface area contributed by atoms with Crippen LogP contribution >= 0.6 is 0 Å². The molecule has 1 N–H and O–H groups in total. The van der Waals surface area contributed by atoms with Gasteiger partial charge in [0, 0.05) is 6.42 Å². The maximum absolute atomic E-state index is 12.7. The van der Waals surface area contributed by atoms with Crippen LogP contribution in [-0.2, 0) is 9.59 Å². The third kappa shape index (κ3) is 2.19. The molecular formula is C16H14N2O5. The first-order chi connectivity index (χ1) is 11.1. The van der Waals surface area contributed by atoms with Crippen LogP contribution in [0.3, 0.4) is 0 Å². The third-order valence-electron chi connectivity index (χ3n) is 4.25. The molecule has 7 heteroatoms. The number of benzene rings is 1. The van der Waals surface area contributed by atoms with Gasteiger partial charge in [-0.3, -0.25) is 29.4 Å². The average Bonchev–Trinajstić information content (AvgIpc) is 3.29. The van der Waals surface area contributed by atoms with E-state index in [1.165, 1.54) is 0 Å². The summed E-state index contributed by atoms with van der Waals surface area (Å²) in [6.45, 7) is 0. The van der Waals surface area contributed by atoms with Gasteiger partial charge in [0.15, 0.2) is 0 Å². The number of piperidine rings is 1. The lowest BCUT2D eigenvalue weighted by molar-refractivity contribution is -0.136. The van der Waals surface area contributed by atoms with Crippen molar-refractivity contribution in [3.63, 3.8) is 0 Å². The van der Waals surface area contributed by atoms with Gasteiger partial charge in [0.1, 0.15) is 11.8 Å². The van der Waals surface area contributed by atoms with Crippen LogP contribution in [0.2, 0.25) is 0 Å². The quantitative estimate of drug-likeness (QED) is 0.826. The van der Waals surface area contributed by atoms with E-state index in [-0.39, 0.29) is 36.0 Å². The number of amides is 4. The molecule has 1 atom stereocenters. The van der Waals surface area contributed by atoms with E-state index in [1.54, 1.807) is 18.2 Å². The van der Waals surface area contributed by atoms with Crippen LogP contribution in [0.1, 0.15) is 46.4 Å². The number of imide groups is 2. The monoisotopic (exact) mass is 314 g/mol. The van der Waals surface area contributed by atoms with Crippen molar-refractivity contribution in [1.29, 1.82) is 0 Å². The van der Waals surface area contributed by atoms with Crippen LogP contribution in [0.15, 0.2) is 18.2 Å². The highest BCUT2D eigenvalue weighted by Crippen LogP contribution is 2.36. The van der Waals surface area contributed by atoms with Gasteiger partial charge in [0.25, 0.3) is 11.8 Å². The molecule has 0 spiro atoms. The molecule has 2 fully saturated rings. The Morgan fingerprint density at radius 2 is 1.83 bits per heavy atom. The normalized spacial score (nSPS) is 23.8. The number of nitrogens with zero attached hydrogens (tertiary/aromatic N) is 1. The third-order valence-corrected chi connectivity index (χ3v) is 4.25. The number of hydrogen-bond donors (Lipinski definition) is 1. The Balaban J connectivity index is 1.69. The standard InChI is InChI=1S/C16H14N2O5/c19-12-7-6-10(14(20)17-12)18-15(21)9-2-1-3-11(13(9)16(18)22)23-8-4-5-8/h1-3,8,10H,4-7H2,(H,17,19,20). The smallest absolute Gasteiger partial charge is 0.266 e. The summed E-state index contributed by atoms with van der Waals surface area (Å²) in [7, 11) is 0. The molecule has 7 nitrogen and oxygen atoms in total. The number of nitrogens with one attached hydrogen (secondary N) is 1. The second-order valence-electron chi connectivity index (χ2n) is 5.94. The summed E-state index contributed by atoms with van der Waals surface area (Å²) in [6.07, 6.45) is 2.21. The predicted molar refractivity (Wildman–Crippen MR) is 76.8 cm³/mol. The molecule has 0 bridgehead atoms. The molecule has 1 aliphatic carbocycles. The summed E-state index contributed by atoms with van der Waals surface area (Å²) in [6, 6.07) is 3.93. The Kier molecular flexibility index (Phi) is 2.97. The minimum Gasteiger partial charge on any atom is -0.490 e. The number of carbonyl (C=O) groups excluding carboxylic acids is 4. The molecule has 2 aliphatic heterocycles. The topological polar surface area (TPSA) is 92.8 Å². The molecular weight excluding hydrogens is 300 g/mol. The van der Waals surface area contributed by atoms with Crippen LogP contribution in [0, 0.1) is 0 Å². The van der Waals surface area contributed by atoms with Crippen LogP contribution in [-0.4, -0.2) is 40.7 Å². The molecule has 1 aromatic carbocycles. The first-order valence-corrected chi connectivity index (χ1v) is 7.57. The second kappa shape index (κ2) is 4.91. The van der Waals surface area contributed by atoms with E-state index in [9.17, 15) is 19.2 Å². The zero-order valence-electron chi connectivity index (χ0n) is 12.2. The highest BCUT2D eigenvalue weighted by atomic mass is 16.5. The van der Waals surface area contributed by atoms with E-state index >= 15 is 0 Å². The van der Waals surface area contributed by atoms with E-state index in [0.29, 0.717) is 5.75 Å². The molecule has 23 heavy (non-hydrogen) atoms. The van der Waals surface area contributed by atoms with Gasteiger partial charge in [-0.05, 0) is 31.4 Å². The molecule has 0 radical (unpaired) electrons. The van der Waals surface area contributed by atoms with Crippen molar-refractivity contribution >= 4 is 23.6 Å². The second-order valence-corrected chi connectivity index (χ2v) is 5.94. The Bertz CT molecular complexity index is 753. The van der Waals surface area contributed by atoms with E-state index in [1.807, 2.05) is 0 Å². The lowest BCUT2D eigenvalue weighted by atomic mass is 10.0. The lowest BCUT2D eigenvalue weighted by Gasteiger charge is -2.27. The van der Waals surface area contributed by atoms with Crippen LogP contribution in [0.25, 0.3) is 0 Å². The number of rotatable bonds is 3. The fourth-order valence-corrected chi connectivity index (χ4v) is 2.95. The van der Waals surface area contributed by atoms with Crippen molar-refractivity contribution in [2.45, 2.75) is 37.8 Å². The number of fused-ring (bicyclic) bond motifs is 1. The van der Waals surface area contributed by atoms with Crippen molar-refractivity contribution in [2.24, 2.45) is 0 Å². The molecule has 118 valence electrons. The Hall–Kier alpha value is -2.70. The zero-order valence-corrected chi connectivity index (χ0v) is 12.2. The van der Waals surface area contributed by atoms with Gasteiger partial charge >= 0.3 is 0 Å². The van der Waals surface area contributed by atoms with Crippen LogP contribution in [0.4, 0.5) is 0 Å². The van der Waals surface area contributed by atoms with E-state index in [4.69, 9.17) is 4.74 Å². The summed E-state index contributed by atoms with van der Waals surface area (Å²) >= 11 is 0. The van der Waals surface area contributed by atoms with Gasteiger partial charge in [0.2, 0.25) is 11.8 Å². The molecule has 4 amide bonds. The molecule has 2 heterocycles. The summed E-state index contributed by atoms with van der Waals surface area (Å²) < 4.78 is 5.71. The first kappa shape index (κ1) is 13.9. The first-order valence-electron chi connectivity index (χ1n) is 7.57. The lowest BCUT2D eigenvalue weighted by Crippen LogP contribution is -2.54. The van der Waals surface area contributed by atoms with Crippen LogP contribution in [0.5, 0.6) is 5.75 Å². The highest BCUT2D eigenvalue weighted by Gasteiger charge is 2.46. The summed E-state index contributed by atoms with van der Waals surface area (Å²) in [4.78, 5) is 49.5. The summed E-state index contributed by atoms with van der Waals surface area (Å²) in [5.41, 5.74) is 0.465. The molecule has 1 aromatic rings. The van der Waals surface area contributed by atoms with E-state index in [0.717, 1.165) is 17.7 Å². The minimum atomic E-state index is -0.950. The highest BCUT2D eigenvalue weighted by molar-refractivity contribution is 6.24. The number of hydrogen-bond acceptors (Lipinski definition) is 5.